The van der Waals surface area contributed by atoms with Gasteiger partial charge in [0.2, 0.25) is 11.6 Å². The van der Waals surface area contributed by atoms with Crippen molar-refractivity contribution >= 4 is 63.9 Å². The molecule has 500 valence electrons. The van der Waals surface area contributed by atoms with Gasteiger partial charge in [0.05, 0.1) is 59.9 Å². The Balaban J connectivity index is 1.07. The van der Waals surface area contributed by atoms with Crippen LogP contribution in [0.4, 0.5) is 10.5 Å². The number of rotatable bonds is 33. The number of hydrogen-bond donors (Lipinski definition) is 12. The van der Waals surface area contributed by atoms with Gasteiger partial charge in [-0.1, -0.05) is 38.5 Å². The monoisotopic (exact) mass is 1340 g/mol. The molecule has 2 aromatic carbocycles. The maximum Gasteiger partial charge on any atom is 0.404 e. The van der Waals surface area contributed by atoms with Crippen molar-refractivity contribution in [3.05, 3.63) is 89.2 Å². The Hall–Kier alpha value is -4.93. The van der Waals surface area contributed by atoms with Gasteiger partial charge < -0.3 is 75.0 Å². The van der Waals surface area contributed by atoms with Gasteiger partial charge in [-0.15, -0.1) is 0 Å². The number of benzene rings is 2. The maximum atomic E-state index is 12.9. The van der Waals surface area contributed by atoms with E-state index in [1.807, 2.05) is 29.4 Å². The van der Waals surface area contributed by atoms with E-state index in [1.165, 1.54) is 30.3 Å². The summed E-state index contributed by atoms with van der Waals surface area (Å²) in [5.41, 5.74) is 6.88. The predicted octanol–water partition coefficient (Wildman–Crippen LogP) is 0.168. The summed E-state index contributed by atoms with van der Waals surface area (Å²) in [6.07, 6.45) is -6.42. The van der Waals surface area contributed by atoms with Gasteiger partial charge in [0.1, 0.15) is 49.3 Å². The van der Waals surface area contributed by atoms with E-state index in [4.69, 9.17) is 34.2 Å². The Kier molecular flexibility index (Phi) is 25.6. The van der Waals surface area contributed by atoms with Crippen molar-refractivity contribution in [1.29, 1.82) is 0 Å². The highest BCUT2D eigenvalue weighted by Crippen LogP contribution is 2.49. The van der Waals surface area contributed by atoms with Gasteiger partial charge in [-0.2, -0.15) is 33.7 Å². The number of carbonyl (C=O) groups is 2. The van der Waals surface area contributed by atoms with Crippen LogP contribution in [0.5, 0.6) is 0 Å². The van der Waals surface area contributed by atoms with Crippen molar-refractivity contribution in [2.24, 2.45) is 5.73 Å². The van der Waals surface area contributed by atoms with Crippen LogP contribution in [0.15, 0.2) is 82.3 Å². The topological polar surface area (TPSA) is 473 Å². The summed E-state index contributed by atoms with van der Waals surface area (Å²) in [6.45, 7) is 4.51. The molecule has 2 aromatic rings. The summed E-state index contributed by atoms with van der Waals surface area (Å²) >= 11 is 0. The SMILES string of the molecule is CC1(C)/C(=C/C=C/C=C/C2=[N+](CCCCS(=O)(=O)O)C(C)(CCCCS(=O)(=O)O)c3cc(S(=O)(=O)O)ccc32)N(CCCCCC(=O)NCCOCCOC2O[C@@H](CO)[C@@H](O)[C@H](O)[C@@H]2O[C@H]2O[C@H](CO)[C@@H](OC(N)=O)[C@H](O)[C@@H]2O)c2ccc(S(=O)(=O)O)cc21. The molecule has 2 fully saturated rings. The van der Waals surface area contributed by atoms with Crippen LogP contribution in [0.1, 0.15) is 95.2 Å². The minimum absolute atomic E-state index is 0.0404. The maximum absolute atomic E-state index is 12.9. The minimum Gasteiger partial charge on any atom is -0.441 e. The lowest BCUT2D eigenvalue weighted by Crippen LogP contribution is -2.65. The van der Waals surface area contributed by atoms with Crippen LogP contribution < -0.4 is 16.0 Å². The number of hydrogen-bond acceptors (Lipinski definition) is 23. The normalized spacial score (nSPS) is 27.0. The second kappa shape index (κ2) is 31.1. The van der Waals surface area contributed by atoms with Crippen LogP contribution in [-0.4, -0.2) is 230 Å². The standard InChI is InChI=1S/C55H80N4O26S4/c1-54(2)38-31-35(89(77,78)79)18-20-40(38)58(43(54)15-7-4-6-14-39-36-19-17-34(88(74,75)76)30-37(36)55(3,21-9-12-28-86(68,69)70)59(39)24-11-13-29-87(71,72)73)23-10-5-8-16-44(62)57-22-25-80-26-27-81-52-50(46(64)45(63)41(32-60)82-52)84-51-48(66)47(65)49(85-53(56)67)42(33-61)83-51/h4,6-7,14-15,17-20,30-31,41-42,45-52,60-61,63-66H,5,8-13,16,21-29,32-33H2,1-3H3,(H6-,56,57,62,67,68,69,70,71,72,73,74,75,76,77,78,79)/p+1/t41-,42+,45+,46-,47+,48-,49+,50-,51+,52?,55?/m0/s1. The third kappa shape index (κ3) is 19.3. The van der Waals surface area contributed by atoms with Gasteiger partial charge in [0, 0.05) is 67.7 Å². The van der Waals surface area contributed by atoms with E-state index in [9.17, 15) is 92.1 Å². The van der Waals surface area contributed by atoms with E-state index in [0.717, 1.165) is 5.70 Å². The van der Waals surface area contributed by atoms with Crippen molar-refractivity contribution in [2.45, 2.75) is 161 Å². The van der Waals surface area contributed by atoms with E-state index < -0.39 is 144 Å². The number of primary amides is 1. The lowest BCUT2D eigenvalue weighted by atomic mass is 9.83. The number of ether oxygens (including phenoxy) is 6. The molecule has 6 rings (SSSR count). The Bertz CT molecular complexity index is 3400. The summed E-state index contributed by atoms with van der Waals surface area (Å²) < 4.78 is 169. The second-order valence-electron chi connectivity index (χ2n) is 22.5. The first-order chi connectivity index (χ1) is 41.6. The average Bonchev–Trinajstić information content (AvgIpc) is 1.61. The van der Waals surface area contributed by atoms with Crippen LogP contribution in [0.25, 0.3) is 0 Å². The van der Waals surface area contributed by atoms with E-state index in [1.54, 1.807) is 37.3 Å². The molecule has 30 nitrogen and oxygen atoms in total. The Morgan fingerprint density at radius 1 is 0.697 bits per heavy atom. The molecule has 11 atom stereocenters. The third-order valence-corrected chi connectivity index (χ3v) is 19.1. The van der Waals surface area contributed by atoms with E-state index >= 15 is 0 Å². The number of fused-ring (bicyclic) bond motifs is 2. The largest absolute Gasteiger partial charge is 0.441 e. The van der Waals surface area contributed by atoms with Crippen LogP contribution in [0.2, 0.25) is 0 Å². The minimum atomic E-state index is -4.68. The molecular formula is C55H81N4O26S4+. The number of aliphatic hydroxyl groups excluding tert-OH is 6. The summed E-state index contributed by atoms with van der Waals surface area (Å²) in [5.74, 6) is -1.30. The molecule has 13 N–H and O–H groups in total. The molecule has 34 heteroatoms. The molecule has 0 spiro atoms. The van der Waals surface area contributed by atoms with Crippen molar-refractivity contribution in [1.82, 2.24) is 5.32 Å². The molecule has 89 heavy (non-hydrogen) atoms. The zero-order chi connectivity index (χ0) is 65.9. The Morgan fingerprint density at radius 2 is 1.31 bits per heavy atom. The first-order valence-corrected chi connectivity index (χ1v) is 34.7. The fraction of sp³-hybridized carbons (Fsp3) is 0.618. The third-order valence-electron chi connectivity index (χ3n) is 15.8. The van der Waals surface area contributed by atoms with Gasteiger partial charge in [0.25, 0.3) is 40.5 Å². The Morgan fingerprint density at radius 3 is 1.94 bits per heavy atom. The molecule has 0 aliphatic carbocycles. The van der Waals surface area contributed by atoms with Gasteiger partial charge in [-0.05, 0) is 80.1 Å². The molecule has 0 aromatic heterocycles. The lowest BCUT2D eigenvalue weighted by molar-refractivity contribution is -0.610. The highest BCUT2D eigenvalue weighted by atomic mass is 32.2. The zero-order valence-electron chi connectivity index (χ0n) is 49.2. The quantitative estimate of drug-likeness (QED) is 0.0196. The summed E-state index contributed by atoms with van der Waals surface area (Å²) in [4.78, 5) is 25.5. The van der Waals surface area contributed by atoms with E-state index in [-0.39, 0.29) is 87.1 Å². The molecule has 2 saturated heterocycles. The molecule has 0 radical (unpaired) electrons. The number of nitrogens with two attached hydrogens (primary N) is 1. The molecule has 0 saturated carbocycles. The number of allylic oxidation sites excluding steroid dienone is 6. The molecular weight excluding hydrogens is 1260 g/mol. The van der Waals surface area contributed by atoms with Crippen LogP contribution in [-0.2, 0) is 84.6 Å². The molecule has 2 unspecified atom stereocenters. The highest BCUT2D eigenvalue weighted by molar-refractivity contribution is 7.86. The number of aliphatic hydroxyl groups is 6. The average molecular weight is 1340 g/mol. The van der Waals surface area contributed by atoms with E-state index in [2.05, 4.69) is 5.32 Å². The van der Waals surface area contributed by atoms with E-state index in [0.29, 0.717) is 53.9 Å². The number of unbranched alkanes of at least 4 members (excludes halogenated alkanes) is 4. The van der Waals surface area contributed by atoms with Crippen molar-refractivity contribution < 1.29 is 125 Å². The number of carbonyl (C=O) groups excluding carboxylic acids is 2. The van der Waals surface area contributed by atoms with Crippen molar-refractivity contribution in [3.8, 4) is 0 Å². The van der Waals surface area contributed by atoms with Crippen LogP contribution in [0.3, 0.4) is 0 Å². The van der Waals surface area contributed by atoms with Gasteiger partial charge in [0.15, 0.2) is 24.2 Å². The first-order valence-electron chi connectivity index (χ1n) is 28.6. The molecule has 4 heterocycles. The molecule has 2 amide bonds. The van der Waals surface area contributed by atoms with Crippen LogP contribution in [0, 0.1) is 0 Å². The second-order valence-corrected chi connectivity index (χ2v) is 28.5. The number of nitrogens with zero attached hydrogens (tertiary/aromatic N) is 2. The number of nitrogens with one attached hydrogen (secondary N) is 1. The summed E-state index contributed by atoms with van der Waals surface area (Å²) in [6, 6.07) is 8.42. The summed E-state index contributed by atoms with van der Waals surface area (Å²) in [7, 11) is -17.8. The van der Waals surface area contributed by atoms with Gasteiger partial charge in [-0.25, -0.2) is 9.37 Å². The lowest BCUT2D eigenvalue weighted by Gasteiger charge is -2.46. The first kappa shape index (κ1) is 73.1. The predicted molar refractivity (Wildman–Crippen MR) is 315 cm³/mol. The fourth-order valence-electron chi connectivity index (χ4n) is 11.3. The molecule has 4 aliphatic heterocycles. The number of amides is 2. The number of anilines is 1. The fourth-order valence-corrected chi connectivity index (χ4v) is 13.4. The van der Waals surface area contributed by atoms with Crippen molar-refractivity contribution in [2.75, 3.05) is 69.1 Å². The van der Waals surface area contributed by atoms with Crippen molar-refractivity contribution in [3.63, 3.8) is 0 Å². The summed E-state index contributed by atoms with van der Waals surface area (Å²) in [5, 5.41) is 65.1. The Labute approximate surface area is 516 Å². The smallest absolute Gasteiger partial charge is 0.404 e. The molecule has 0 bridgehead atoms. The molecule has 4 aliphatic rings. The highest BCUT2D eigenvalue weighted by Gasteiger charge is 2.53. The van der Waals surface area contributed by atoms with Gasteiger partial charge >= 0.3 is 6.09 Å². The van der Waals surface area contributed by atoms with Gasteiger partial charge in [-0.3, -0.25) is 23.0 Å². The van der Waals surface area contributed by atoms with Crippen LogP contribution >= 0.6 is 0 Å². The zero-order valence-corrected chi connectivity index (χ0v) is 52.4.